The highest BCUT2D eigenvalue weighted by atomic mass is 19.4. The Labute approximate surface area is 289 Å². The van der Waals surface area contributed by atoms with Crippen LogP contribution in [0, 0.1) is 6.92 Å². The zero-order valence-electron chi connectivity index (χ0n) is 27.3. The van der Waals surface area contributed by atoms with Crippen LogP contribution in [0.15, 0.2) is 95.5 Å². The molecule has 12 nitrogen and oxygen atoms in total. The van der Waals surface area contributed by atoms with Gasteiger partial charge < -0.3 is 24.8 Å². The van der Waals surface area contributed by atoms with Crippen LogP contribution in [0.4, 0.5) is 24.9 Å². The third kappa shape index (κ3) is 9.55. The van der Waals surface area contributed by atoms with Crippen LogP contribution in [-0.4, -0.2) is 56.7 Å². The van der Waals surface area contributed by atoms with Crippen LogP contribution in [0.2, 0.25) is 0 Å². The lowest BCUT2D eigenvalue weighted by Gasteiger charge is -2.27. The van der Waals surface area contributed by atoms with Crippen LogP contribution in [0.5, 0.6) is 5.75 Å². The number of methoxy groups -OCH3 is 1. The van der Waals surface area contributed by atoms with Gasteiger partial charge in [-0.1, -0.05) is 65.3 Å². The molecule has 5 rings (SSSR count). The predicted octanol–water partition coefficient (Wildman–Crippen LogP) is 6.08. The van der Waals surface area contributed by atoms with Crippen molar-refractivity contribution >= 4 is 29.5 Å². The number of benzene rings is 4. The van der Waals surface area contributed by atoms with Gasteiger partial charge in [0.2, 0.25) is 11.7 Å². The van der Waals surface area contributed by atoms with E-state index in [-0.39, 0.29) is 35.4 Å². The number of aryl methyl sites for hydroxylation is 1. The van der Waals surface area contributed by atoms with E-state index in [2.05, 4.69) is 20.8 Å². The first-order chi connectivity index (χ1) is 24.3. The summed E-state index contributed by atoms with van der Waals surface area (Å²) >= 11 is 0. The SMILES string of the molecule is COc1ccc(CC(=O)Nc2ccc(C(O)N(CC(=O)O)Cc3ccc(-c4noc(NC(=O)c5ccc(C)cc5)n4)cc3)cc2)c(C(F)(F)F)c1. The van der Waals surface area contributed by atoms with E-state index in [1.807, 2.05) is 6.92 Å². The number of carbonyl (C=O) groups is 3. The molecule has 0 bridgehead atoms. The average Bonchev–Trinajstić information content (AvgIpc) is 3.56. The van der Waals surface area contributed by atoms with Crippen LogP contribution < -0.4 is 15.4 Å². The quantitative estimate of drug-likeness (QED) is 0.106. The zero-order valence-corrected chi connectivity index (χ0v) is 27.3. The number of carbonyl (C=O) groups excluding carboxylic acids is 2. The Morgan fingerprint density at radius 1 is 0.941 bits per heavy atom. The van der Waals surface area contributed by atoms with Crippen molar-refractivity contribution in [3.8, 4) is 17.1 Å². The smallest absolute Gasteiger partial charge is 0.416 e. The number of carboxylic acid groups (broad SMARTS) is 1. The summed E-state index contributed by atoms with van der Waals surface area (Å²) in [6.07, 6.45) is -6.60. The van der Waals surface area contributed by atoms with Crippen LogP contribution in [0.1, 0.15) is 44.4 Å². The first kappa shape index (κ1) is 36.2. The highest BCUT2D eigenvalue weighted by molar-refractivity contribution is 6.03. The zero-order chi connectivity index (χ0) is 36.7. The van der Waals surface area contributed by atoms with E-state index < -0.39 is 48.7 Å². The highest BCUT2D eigenvalue weighted by Gasteiger charge is 2.34. The number of alkyl halides is 3. The van der Waals surface area contributed by atoms with Gasteiger partial charge in [0.15, 0.2) is 0 Å². The van der Waals surface area contributed by atoms with Crippen LogP contribution in [0.25, 0.3) is 11.4 Å². The van der Waals surface area contributed by atoms with Crippen molar-refractivity contribution in [2.75, 3.05) is 24.3 Å². The monoisotopic (exact) mass is 703 g/mol. The number of hydrogen-bond donors (Lipinski definition) is 4. The molecular weight excluding hydrogens is 671 g/mol. The third-order valence-electron chi connectivity index (χ3n) is 7.71. The van der Waals surface area contributed by atoms with E-state index >= 15 is 0 Å². The van der Waals surface area contributed by atoms with E-state index in [4.69, 9.17) is 9.26 Å². The molecule has 1 heterocycles. The summed E-state index contributed by atoms with van der Waals surface area (Å²) in [5, 5.41) is 29.6. The molecule has 0 saturated carbocycles. The third-order valence-corrected chi connectivity index (χ3v) is 7.71. The molecule has 1 unspecified atom stereocenters. The number of aliphatic hydroxyl groups excluding tert-OH is 1. The van der Waals surface area contributed by atoms with Gasteiger partial charge in [0.25, 0.3) is 5.91 Å². The minimum absolute atomic E-state index is 0.00900. The molecule has 51 heavy (non-hydrogen) atoms. The number of aliphatic carboxylic acids is 1. The molecule has 264 valence electrons. The standard InChI is InChI=1S/C36H32F3N5O7/c1-21-3-7-24(8-4-21)33(48)42-35-41-32(43-51-35)23-9-5-22(6-10-23)19-44(20-31(46)47)34(49)25-11-14-27(15-12-25)40-30(45)17-26-13-16-28(50-2)18-29(26)36(37,38)39/h3-16,18,34,49H,17,19-20H2,1-2H3,(H,40,45)(H,46,47)(H,41,42,43,48). The van der Waals surface area contributed by atoms with Gasteiger partial charge >= 0.3 is 18.2 Å². The normalized spacial score (nSPS) is 12.0. The van der Waals surface area contributed by atoms with Crippen molar-refractivity contribution < 1.29 is 47.0 Å². The molecule has 5 aromatic rings. The first-order valence-corrected chi connectivity index (χ1v) is 15.4. The first-order valence-electron chi connectivity index (χ1n) is 15.4. The molecule has 0 aliphatic rings. The molecule has 4 aromatic carbocycles. The summed E-state index contributed by atoms with van der Waals surface area (Å²) in [4.78, 5) is 42.3. The average molecular weight is 704 g/mol. The Morgan fingerprint density at radius 2 is 1.63 bits per heavy atom. The molecule has 15 heteroatoms. The number of nitrogens with zero attached hydrogens (tertiary/aromatic N) is 3. The summed E-state index contributed by atoms with van der Waals surface area (Å²) in [5.74, 6) is -2.07. The van der Waals surface area contributed by atoms with Gasteiger partial charge in [-0.05, 0) is 60.0 Å². The second kappa shape index (κ2) is 15.7. The molecule has 1 atom stereocenters. The highest BCUT2D eigenvalue weighted by Crippen LogP contribution is 2.35. The van der Waals surface area contributed by atoms with Gasteiger partial charge in [-0.15, -0.1) is 0 Å². The molecule has 0 fully saturated rings. The van der Waals surface area contributed by atoms with Gasteiger partial charge in [-0.25, -0.2) is 0 Å². The fourth-order valence-electron chi connectivity index (χ4n) is 5.09. The summed E-state index contributed by atoms with van der Waals surface area (Å²) in [6.45, 7) is 1.42. The minimum Gasteiger partial charge on any atom is -0.497 e. The maximum absolute atomic E-state index is 13.5. The maximum atomic E-state index is 13.5. The lowest BCUT2D eigenvalue weighted by molar-refractivity contribution is -0.142. The number of nitrogens with one attached hydrogen (secondary N) is 2. The van der Waals surface area contributed by atoms with Crippen LogP contribution in [-0.2, 0) is 28.7 Å². The van der Waals surface area contributed by atoms with Crippen molar-refractivity contribution in [3.05, 3.63) is 124 Å². The molecule has 0 spiro atoms. The number of amides is 2. The predicted molar refractivity (Wildman–Crippen MR) is 179 cm³/mol. The maximum Gasteiger partial charge on any atom is 0.416 e. The summed E-state index contributed by atoms with van der Waals surface area (Å²) in [7, 11) is 1.24. The van der Waals surface area contributed by atoms with Crippen molar-refractivity contribution in [2.45, 2.75) is 32.3 Å². The van der Waals surface area contributed by atoms with Crippen LogP contribution in [0.3, 0.4) is 0 Å². The second-order valence-electron chi connectivity index (χ2n) is 11.5. The van der Waals surface area contributed by atoms with Gasteiger partial charge in [-0.3, -0.25) is 24.6 Å². The Balaban J connectivity index is 1.21. The Morgan fingerprint density at radius 3 is 2.25 bits per heavy atom. The number of ether oxygens (including phenoxy) is 1. The van der Waals surface area contributed by atoms with E-state index in [0.717, 1.165) is 11.6 Å². The number of rotatable bonds is 13. The lowest BCUT2D eigenvalue weighted by atomic mass is 10.0. The van der Waals surface area contributed by atoms with Gasteiger partial charge in [0, 0.05) is 23.4 Å². The summed E-state index contributed by atoms with van der Waals surface area (Å²) < 4.78 is 50.7. The molecule has 1 aromatic heterocycles. The van der Waals surface area contributed by atoms with Crippen LogP contribution >= 0.6 is 0 Å². The number of hydrogen-bond acceptors (Lipinski definition) is 9. The molecular formula is C36H32F3N5O7. The second-order valence-corrected chi connectivity index (χ2v) is 11.5. The number of halogens is 3. The van der Waals surface area contributed by atoms with Crippen molar-refractivity contribution in [1.82, 2.24) is 15.0 Å². The fourth-order valence-corrected chi connectivity index (χ4v) is 5.09. The van der Waals surface area contributed by atoms with Gasteiger partial charge in [-0.2, -0.15) is 18.2 Å². The van der Waals surface area contributed by atoms with Crippen molar-refractivity contribution in [2.24, 2.45) is 0 Å². The number of aromatic nitrogens is 2. The fraction of sp³-hybridized carbons (Fsp3) is 0.194. The summed E-state index contributed by atoms with van der Waals surface area (Å²) in [6, 6.07) is 22.8. The molecule has 0 aliphatic carbocycles. The van der Waals surface area contributed by atoms with Crippen molar-refractivity contribution in [3.63, 3.8) is 0 Å². The van der Waals surface area contributed by atoms with Crippen molar-refractivity contribution in [1.29, 1.82) is 0 Å². The number of aliphatic hydroxyl groups is 1. The topological polar surface area (TPSA) is 167 Å². The van der Waals surface area contributed by atoms with E-state index in [0.29, 0.717) is 22.3 Å². The van der Waals surface area contributed by atoms with Gasteiger partial charge in [0.1, 0.15) is 12.0 Å². The number of carboxylic acids is 1. The Bertz CT molecular complexity index is 2000. The van der Waals surface area contributed by atoms with Gasteiger partial charge in [0.05, 0.1) is 25.6 Å². The molecule has 0 saturated heterocycles. The number of anilines is 2. The summed E-state index contributed by atoms with van der Waals surface area (Å²) in [5.41, 5.74) is 2.00. The van der Waals surface area contributed by atoms with E-state index in [1.54, 1.807) is 48.5 Å². The Hall–Kier alpha value is -6.06. The largest absolute Gasteiger partial charge is 0.497 e. The molecule has 0 radical (unpaired) electrons. The van der Waals surface area contributed by atoms with E-state index in [1.165, 1.54) is 48.4 Å². The van der Waals surface area contributed by atoms with E-state index in [9.17, 15) is 37.8 Å². The lowest BCUT2D eigenvalue weighted by Crippen LogP contribution is -2.33. The Kier molecular flexibility index (Phi) is 11.1. The molecule has 0 aliphatic heterocycles. The molecule has 4 N–H and O–H groups in total. The molecule has 2 amide bonds. The minimum atomic E-state index is -4.69.